The van der Waals surface area contributed by atoms with Gasteiger partial charge in [-0.3, -0.25) is 9.59 Å². The standard InChI is InChI=1S/C29H29NO6/c1-34-18-6-17-30-26(21-9-15-24(16-10-21)36-19-20-7-4-3-5-8-20)25(28(32)29(30)33)27(31)22-11-13-23(35-2)14-12-22/h3-5,7-16,26,31H,6,17-19H2,1-2H3/b27-25-. The Morgan fingerprint density at radius 2 is 1.56 bits per heavy atom. The van der Waals surface area contributed by atoms with Gasteiger partial charge in [0.1, 0.15) is 23.9 Å². The molecule has 7 nitrogen and oxygen atoms in total. The number of nitrogens with zero attached hydrogens (tertiary/aromatic N) is 1. The molecule has 36 heavy (non-hydrogen) atoms. The molecule has 1 atom stereocenters. The first-order valence-corrected chi connectivity index (χ1v) is 11.7. The average Bonchev–Trinajstić information content (AvgIpc) is 3.17. The summed E-state index contributed by atoms with van der Waals surface area (Å²) in [6, 6.07) is 23.1. The Kier molecular flexibility index (Phi) is 8.02. The Labute approximate surface area is 210 Å². The van der Waals surface area contributed by atoms with Crippen molar-refractivity contribution < 1.29 is 28.9 Å². The highest BCUT2D eigenvalue weighted by Gasteiger charge is 2.45. The lowest BCUT2D eigenvalue weighted by Crippen LogP contribution is -2.31. The largest absolute Gasteiger partial charge is 0.507 e. The van der Waals surface area contributed by atoms with E-state index >= 15 is 0 Å². The second-order valence-electron chi connectivity index (χ2n) is 8.41. The van der Waals surface area contributed by atoms with E-state index in [9.17, 15) is 14.7 Å². The summed E-state index contributed by atoms with van der Waals surface area (Å²) >= 11 is 0. The molecular formula is C29H29NO6. The molecule has 0 bridgehead atoms. The number of hydrogen-bond donors (Lipinski definition) is 1. The number of aliphatic hydroxyl groups excluding tert-OH is 1. The van der Waals surface area contributed by atoms with E-state index in [1.807, 2.05) is 42.5 Å². The summed E-state index contributed by atoms with van der Waals surface area (Å²) in [5.74, 6) is -0.298. The molecule has 1 saturated heterocycles. The molecule has 0 radical (unpaired) electrons. The Bertz CT molecular complexity index is 1220. The van der Waals surface area contributed by atoms with Crippen LogP contribution in [0, 0.1) is 0 Å². The number of benzene rings is 3. The van der Waals surface area contributed by atoms with Crippen molar-refractivity contribution in [2.24, 2.45) is 0 Å². The van der Waals surface area contributed by atoms with Crippen LogP contribution in [-0.2, 0) is 20.9 Å². The summed E-state index contributed by atoms with van der Waals surface area (Å²) in [4.78, 5) is 27.6. The predicted molar refractivity (Wildman–Crippen MR) is 136 cm³/mol. The van der Waals surface area contributed by atoms with Crippen LogP contribution in [0.1, 0.15) is 29.2 Å². The molecule has 1 unspecified atom stereocenters. The van der Waals surface area contributed by atoms with Crippen LogP contribution in [0.25, 0.3) is 5.76 Å². The summed E-state index contributed by atoms with van der Waals surface area (Å²) in [5, 5.41) is 11.1. The van der Waals surface area contributed by atoms with Crippen LogP contribution in [0.5, 0.6) is 11.5 Å². The summed E-state index contributed by atoms with van der Waals surface area (Å²) in [6.45, 7) is 1.18. The van der Waals surface area contributed by atoms with E-state index < -0.39 is 17.7 Å². The number of carbonyl (C=O) groups excluding carboxylic acids is 2. The van der Waals surface area contributed by atoms with E-state index in [0.29, 0.717) is 48.8 Å². The molecule has 4 rings (SSSR count). The molecule has 1 amide bonds. The van der Waals surface area contributed by atoms with Gasteiger partial charge in [-0.1, -0.05) is 42.5 Å². The van der Waals surface area contributed by atoms with Crippen molar-refractivity contribution in [3.63, 3.8) is 0 Å². The number of hydrogen-bond acceptors (Lipinski definition) is 6. The maximum atomic E-state index is 13.1. The lowest BCUT2D eigenvalue weighted by Gasteiger charge is -2.25. The molecule has 1 fully saturated rings. The van der Waals surface area contributed by atoms with Gasteiger partial charge in [0.2, 0.25) is 0 Å². The zero-order valence-electron chi connectivity index (χ0n) is 20.3. The van der Waals surface area contributed by atoms with Crippen LogP contribution in [-0.4, -0.2) is 49.1 Å². The summed E-state index contributed by atoms with van der Waals surface area (Å²) < 4.78 is 16.2. The minimum Gasteiger partial charge on any atom is -0.507 e. The SMILES string of the molecule is COCCCN1C(=O)C(=O)/C(=C(\O)c2ccc(OC)cc2)C1c1ccc(OCc2ccccc2)cc1. The molecule has 3 aromatic rings. The number of methoxy groups -OCH3 is 2. The molecular weight excluding hydrogens is 458 g/mol. The second-order valence-corrected chi connectivity index (χ2v) is 8.41. The van der Waals surface area contributed by atoms with Crippen LogP contribution in [0.2, 0.25) is 0 Å². The monoisotopic (exact) mass is 487 g/mol. The summed E-state index contributed by atoms with van der Waals surface area (Å²) in [5.41, 5.74) is 2.24. The van der Waals surface area contributed by atoms with Gasteiger partial charge >= 0.3 is 0 Å². The van der Waals surface area contributed by atoms with Crippen molar-refractivity contribution in [1.29, 1.82) is 0 Å². The third kappa shape index (κ3) is 5.42. The van der Waals surface area contributed by atoms with Crippen LogP contribution >= 0.6 is 0 Å². The van der Waals surface area contributed by atoms with Gasteiger partial charge in [0.25, 0.3) is 11.7 Å². The highest BCUT2D eigenvalue weighted by Crippen LogP contribution is 2.40. The third-order valence-electron chi connectivity index (χ3n) is 6.10. The Balaban J connectivity index is 1.66. The van der Waals surface area contributed by atoms with Gasteiger partial charge < -0.3 is 24.2 Å². The minimum absolute atomic E-state index is 0.0561. The van der Waals surface area contributed by atoms with E-state index in [-0.39, 0.29) is 11.3 Å². The van der Waals surface area contributed by atoms with Crippen LogP contribution in [0.3, 0.4) is 0 Å². The molecule has 1 N–H and O–H groups in total. The Morgan fingerprint density at radius 1 is 0.889 bits per heavy atom. The van der Waals surface area contributed by atoms with Gasteiger partial charge in [0.05, 0.1) is 18.7 Å². The van der Waals surface area contributed by atoms with Crippen LogP contribution in [0.4, 0.5) is 0 Å². The van der Waals surface area contributed by atoms with Crippen LogP contribution in [0.15, 0.2) is 84.4 Å². The first-order valence-electron chi connectivity index (χ1n) is 11.7. The fraction of sp³-hybridized carbons (Fsp3) is 0.241. The Hall–Kier alpha value is -4.10. The maximum absolute atomic E-state index is 13.1. The summed E-state index contributed by atoms with van der Waals surface area (Å²) in [7, 11) is 3.14. The van der Waals surface area contributed by atoms with Crippen molar-refractivity contribution >= 4 is 17.4 Å². The van der Waals surface area contributed by atoms with Gasteiger partial charge in [-0.05, 0) is 53.9 Å². The minimum atomic E-state index is -0.730. The maximum Gasteiger partial charge on any atom is 0.295 e. The normalized spacial score (nSPS) is 16.8. The molecule has 1 aliphatic heterocycles. The zero-order valence-corrected chi connectivity index (χ0v) is 20.3. The van der Waals surface area contributed by atoms with Crippen molar-refractivity contribution in [2.75, 3.05) is 27.4 Å². The third-order valence-corrected chi connectivity index (χ3v) is 6.10. The predicted octanol–water partition coefficient (Wildman–Crippen LogP) is 4.73. The van der Waals surface area contributed by atoms with Crippen molar-refractivity contribution in [3.05, 3.63) is 101 Å². The van der Waals surface area contributed by atoms with Crippen LogP contribution < -0.4 is 9.47 Å². The number of aliphatic hydroxyl groups is 1. The van der Waals surface area contributed by atoms with Gasteiger partial charge in [0.15, 0.2) is 0 Å². The molecule has 3 aromatic carbocycles. The van der Waals surface area contributed by atoms with Gasteiger partial charge in [-0.25, -0.2) is 0 Å². The van der Waals surface area contributed by atoms with Gasteiger partial charge in [-0.15, -0.1) is 0 Å². The second kappa shape index (κ2) is 11.6. The lowest BCUT2D eigenvalue weighted by atomic mass is 9.95. The molecule has 7 heteroatoms. The molecule has 0 aliphatic carbocycles. The van der Waals surface area contributed by atoms with Crippen molar-refractivity contribution in [3.8, 4) is 11.5 Å². The van der Waals surface area contributed by atoms with E-state index in [1.54, 1.807) is 50.6 Å². The van der Waals surface area contributed by atoms with Gasteiger partial charge in [-0.2, -0.15) is 0 Å². The average molecular weight is 488 g/mol. The molecule has 0 aromatic heterocycles. The number of carbonyl (C=O) groups is 2. The Morgan fingerprint density at radius 3 is 2.19 bits per heavy atom. The summed E-state index contributed by atoms with van der Waals surface area (Å²) in [6.07, 6.45) is 0.556. The first-order chi connectivity index (χ1) is 17.5. The topological polar surface area (TPSA) is 85.3 Å². The van der Waals surface area contributed by atoms with E-state index in [4.69, 9.17) is 14.2 Å². The van der Waals surface area contributed by atoms with Gasteiger partial charge in [0, 0.05) is 25.8 Å². The number of Topliss-reactive ketones (excluding diaryl/α,β-unsaturated/α-hetero) is 1. The quantitative estimate of drug-likeness (QED) is 0.193. The number of amides is 1. The lowest BCUT2D eigenvalue weighted by molar-refractivity contribution is -0.140. The number of likely N-dealkylation sites (tertiary alicyclic amines) is 1. The fourth-order valence-electron chi connectivity index (χ4n) is 4.23. The highest BCUT2D eigenvalue weighted by molar-refractivity contribution is 6.46. The molecule has 0 spiro atoms. The molecule has 1 aliphatic rings. The zero-order chi connectivity index (χ0) is 25.5. The molecule has 0 saturated carbocycles. The van der Waals surface area contributed by atoms with E-state index in [0.717, 1.165) is 5.56 Å². The highest BCUT2D eigenvalue weighted by atomic mass is 16.5. The fourth-order valence-corrected chi connectivity index (χ4v) is 4.23. The molecule has 1 heterocycles. The first kappa shape index (κ1) is 25.0. The molecule has 186 valence electrons. The number of ketones is 1. The van der Waals surface area contributed by atoms with Crippen molar-refractivity contribution in [1.82, 2.24) is 4.90 Å². The number of rotatable bonds is 10. The van der Waals surface area contributed by atoms with E-state index in [2.05, 4.69) is 0 Å². The number of ether oxygens (including phenoxy) is 3. The smallest absolute Gasteiger partial charge is 0.295 e. The van der Waals surface area contributed by atoms with Crippen molar-refractivity contribution in [2.45, 2.75) is 19.1 Å². The van der Waals surface area contributed by atoms with E-state index in [1.165, 1.54) is 4.90 Å².